The molecule has 24 heavy (non-hydrogen) atoms. The van der Waals surface area contributed by atoms with Crippen LogP contribution < -0.4 is 10.6 Å². The highest BCUT2D eigenvalue weighted by molar-refractivity contribution is 14.0. The maximum absolute atomic E-state index is 11.0. The minimum atomic E-state index is -0.138. The molecule has 1 aliphatic rings. The van der Waals surface area contributed by atoms with Crippen LogP contribution in [-0.4, -0.2) is 63.7 Å². The van der Waals surface area contributed by atoms with Crippen LogP contribution in [0.4, 0.5) is 0 Å². The summed E-state index contributed by atoms with van der Waals surface area (Å²) in [7, 11) is 3.22. The second kappa shape index (κ2) is 15.9. The van der Waals surface area contributed by atoms with Gasteiger partial charge in [0.1, 0.15) is 0 Å². The van der Waals surface area contributed by atoms with Crippen LogP contribution in [0.2, 0.25) is 0 Å². The lowest BCUT2D eigenvalue weighted by molar-refractivity contribution is -0.140. The lowest BCUT2D eigenvalue weighted by Gasteiger charge is -2.20. The van der Waals surface area contributed by atoms with E-state index in [0.717, 1.165) is 38.3 Å². The monoisotopic (exact) mass is 454 g/mol. The number of nitrogens with zero attached hydrogens (tertiary/aromatic N) is 2. The number of hydrogen-bond donors (Lipinski definition) is 2. The number of nitrogens with one attached hydrogen (secondary N) is 2. The molecule has 0 unspecified atom stereocenters. The molecule has 0 aliphatic carbocycles. The lowest BCUT2D eigenvalue weighted by Crippen LogP contribution is -2.39. The van der Waals surface area contributed by atoms with Crippen molar-refractivity contribution in [3.8, 4) is 0 Å². The standard InChI is InChI=1S/C17H34N4O2.HI/c1-18-17(19-11-6-5-10-16(22)23-2)20-12-9-15-21-13-7-3-4-8-14-21;/h3-15H2,1-2H3,(H2,18,19,20);1H. The largest absolute Gasteiger partial charge is 0.469 e. The number of carbonyl (C=O) groups excluding carboxylic acids is 1. The zero-order valence-electron chi connectivity index (χ0n) is 15.3. The highest BCUT2D eigenvalue weighted by Gasteiger charge is 2.08. The first kappa shape index (κ1) is 23.4. The molecule has 0 aromatic carbocycles. The first-order chi connectivity index (χ1) is 11.3. The normalized spacial score (nSPS) is 16.0. The van der Waals surface area contributed by atoms with E-state index in [0.29, 0.717) is 6.42 Å². The number of esters is 1. The predicted molar refractivity (Wildman–Crippen MR) is 110 cm³/mol. The Morgan fingerprint density at radius 1 is 1.04 bits per heavy atom. The fourth-order valence-electron chi connectivity index (χ4n) is 2.79. The van der Waals surface area contributed by atoms with Gasteiger partial charge in [0.2, 0.25) is 0 Å². The van der Waals surface area contributed by atoms with Crippen molar-refractivity contribution in [2.75, 3.05) is 46.9 Å². The number of guanidine groups is 1. The molecule has 1 fully saturated rings. The molecule has 142 valence electrons. The number of likely N-dealkylation sites (tertiary alicyclic amines) is 1. The number of ether oxygens (including phenoxy) is 1. The Hall–Kier alpha value is -0.570. The second-order valence-electron chi connectivity index (χ2n) is 6.07. The summed E-state index contributed by atoms with van der Waals surface area (Å²) in [6.07, 6.45) is 8.88. The Labute approximate surface area is 164 Å². The fraction of sp³-hybridized carbons (Fsp3) is 0.882. The highest BCUT2D eigenvalue weighted by atomic mass is 127. The molecular formula is C17H35IN4O2. The van der Waals surface area contributed by atoms with Gasteiger partial charge in [0.25, 0.3) is 0 Å². The third-order valence-corrected chi connectivity index (χ3v) is 4.19. The van der Waals surface area contributed by atoms with E-state index < -0.39 is 0 Å². The van der Waals surface area contributed by atoms with E-state index in [1.165, 1.54) is 52.4 Å². The SMILES string of the molecule is CN=C(NCCCCC(=O)OC)NCCCN1CCCCCC1.I. The molecule has 1 rings (SSSR count). The molecule has 0 atom stereocenters. The molecule has 6 nitrogen and oxygen atoms in total. The molecule has 0 saturated carbocycles. The molecule has 0 aromatic rings. The predicted octanol–water partition coefficient (Wildman–Crippen LogP) is 2.38. The third-order valence-electron chi connectivity index (χ3n) is 4.19. The summed E-state index contributed by atoms with van der Waals surface area (Å²) in [6, 6.07) is 0. The fourth-order valence-corrected chi connectivity index (χ4v) is 2.79. The first-order valence-corrected chi connectivity index (χ1v) is 9.00. The lowest BCUT2D eigenvalue weighted by atomic mass is 10.2. The van der Waals surface area contributed by atoms with Gasteiger partial charge in [0, 0.05) is 26.6 Å². The average Bonchev–Trinajstić information content (AvgIpc) is 2.84. The van der Waals surface area contributed by atoms with Crippen molar-refractivity contribution < 1.29 is 9.53 Å². The van der Waals surface area contributed by atoms with E-state index in [2.05, 4.69) is 25.3 Å². The molecule has 0 aromatic heterocycles. The van der Waals surface area contributed by atoms with E-state index in [1.54, 1.807) is 7.05 Å². The highest BCUT2D eigenvalue weighted by Crippen LogP contribution is 2.09. The zero-order valence-corrected chi connectivity index (χ0v) is 17.6. The van der Waals surface area contributed by atoms with Crippen molar-refractivity contribution in [3.05, 3.63) is 0 Å². The Bertz CT molecular complexity index is 345. The van der Waals surface area contributed by atoms with E-state index in [4.69, 9.17) is 0 Å². The molecule has 0 radical (unpaired) electrons. The summed E-state index contributed by atoms with van der Waals surface area (Å²) < 4.78 is 4.62. The smallest absolute Gasteiger partial charge is 0.305 e. The topological polar surface area (TPSA) is 66.0 Å². The molecule has 0 bridgehead atoms. The van der Waals surface area contributed by atoms with Crippen molar-refractivity contribution >= 4 is 35.9 Å². The third kappa shape index (κ3) is 11.9. The maximum atomic E-state index is 11.0. The van der Waals surface area contributed by atoms with Crippen molar-refractivity contribution in [2.24, 2.45) is 4.99 Å². The molecule has 1 heterocycles. The molecule has 0 spiro atoms. The summed E-state index contributed by atoms with van der Waals surface area (Å²) in [6.45, 7) is 5.45. The van der Waals surface area contributed by atoms with Gasteiger partial charge < -0.3 is 20.3 Å². The number of carbonyl (C=O) groups is 1. The van der Waals surface area contributed by atoms with Gasteiger partial charge in [-0.1, -0.05) is 12.8 Å². The second-order valence-corrected chi connectivity index (χ2v) is 6.07. The van der Waals surface area contributed by atoms with Gasteiger partial charge in [0.15, 0.2) is 5.96 Å². The number of unbranched alkanes of at least 4 members (excludes halogenated alkanes) is 1. The molecule has 7 heteroatoms. The van der Waals surface area contributed by atoms with Crippen LogP contribution in [0.15, 0.2) is 4.99 Å². The van der Waals surface area contributed by atoms with Crippen LogP contribution in [0, 0.1) is 0 Å². The van der Waals surface area contributed by atoms with Crippen LogP contribution in [-0.2, 0) is 9.53 Å². The van der Waals surface area contributed by atoms with Crippen molar-refractivity contribution in [3.63, 3.8) is 0 Å². The Balaban J connectivity index is 0.00000529. The van der Waals surface area contributed by atoms with Gasteiger partial charge >= 0.3 is 5.97 Å². The minimum absolute atomic E-state index is 0. The van der Waals surface area contributed by atoms with Gasteiger partial charge in [0.05, 0.1) is 7.11 Å². The van der Waals surface area contributed by atoms with Gasteiger partial charge in [-0.25, -0.2) is 0 Å². The molecule has 0 amide bonds. The van der Waals surface area contributed by atoms with Crippen molar-refractivity contribution in [1.82, 2.24) is 15.5 Å². The quantitative estimate of drug-likeness (QED) is 0.184. The summed E-state index contributed by atoms with van der Waals surface area (Å²) in [5, 5.41) is 6.64. The maximum Gasteiger partial charge on any atom is 0.305 e. The molecular weight excluding hydrogens is 419 g/mol. The Morgan fingerprint density at radius 3 is 2.25 bits per heavy atom. The summed E-state index contributed by atoms with van der Waals surface area (Å²) in [5.41, 5.74) is 0. The summed E-state index contributed by atoms with van der Waals surface area (Å²) in [5.74, 6) is 0.708. The number of methoxy groups -OCH3 is 1. The average molecular weight is 454 g/mol. The van der Waals surface area contributed by atoms with Crippen LogP contribution in [0.5, 0.6) is 0 Å². The summed E-state index contributed by atoms with van der Waals surface area (Å²) in [4.78, 5) is 17.8. The minimum Gasteiger partial charge on any atom is -0.469 e. The van der Waals surface area contributed by atoms with E-state index >= 15 is 0 Å². The van der Waals surface area contributed by atoms with Crippen LogP contribution in [0.25, 0.3) is 0 Å². The summed E-state index contributed by atoms with van der Waals surface area (Å²) >= 11 is 0. The van der Waals surface area contributed by atoms with E-state index in [9.17, 15) is 4.79 Å². The number of rotatable bonds is 9. The zero-order chi connectivity index (χ0) is 16.8. The van der Waals surface area contributed by atoms with Gasteiger partial charge in [-0.15, -0.1) is 24.0 Å². The Morgan fingerprint density at radius 2 is 1.67 bits per heavy atom. The molecule has 2 N–H and O–H groups in total. The molecule has 1 saturated heterocycles. The van der Waals surface area contributed by atoms with E-state index in [1.807, 2.05) is 0 Å². The van der Waals surface area contributed by atoms with Crippen LogP contribution in [0.1, 0.15) is 51.4 Å². The molecule has 1 aliphatic heterocycles. The van der Waals surface area contributed by atoms with Crippen molar-refractivity contribution in [1.29, 1.82) is 0 Å². The van der Waals surface area contributed by atoms with Crippen LogP contribution in [0.3, 0.4) is 0 Å². The van der Waals surface area contributed by atoms with Gasteiger partial charge in [-0.3, -0.25) is 9.79 Å². The number of halogens is 1. The van der Waals surface area contributed by atoms with Crippen LogP contribution >= 0.6 is 24.0 Å². The number of hydrogen-bond acceptors (Lipinski definition) is 4. The first-order valence-electron chi connectivity index (χ1n) is 9.00. The Kier molecular flexibility index (Phi) is 15.6. The van der Waals surface area contributed by atoms with Gasteiger partial charge in [-0.05, 0) is 51.7 Å². The van der Waals surface area contributed by atoms with Crippen molar-refractivity contribution in [2.45, 2.75) is 51.4 Å². The van der Waals surface area contributed by atoms with Gasteiger partial charge in [-0.2, -0.15) is 0 Å². The van der Waals surface area contributed by atoms with E-state index in [-0.39, 0.29) is 29.9 Å². The number of aliphatic imine (C=N–C) groups is 1.